The predicted molar refractivity (Wildman–Crippen MR) is 104 cm³/mol. The average Bonchev–Trinajstić information content (AvgIpc) is 3.33. The van der Waals surface area contributed by atoms with E-state index in [4.69, 9.17) is 9.40 Å². The maximum absolute atomic E-state index is 10.6. The molecule has 2 aromatic heterocycles. The SMILES string of the molecule is Cc1oc(-c2cccs2)nc1CN1CCC(C(O)c2ccccc2)CC1. The van der Waals surface area contributed by atoms with E-state index in [9.17, 15) is 5.11 Å². The molecule has 26 heavy (non-hydrogen) atoms. The van der Waals surface area contributed by atoms with Crippen molar-refractivity contribution in [2.75, 3.05) is 13.1 Å². The number of thiophene rings is 1. The number of nitrogens with zero attached hydrogens (tertiary/aromatic N) is 2. The zero-order chi connectivity index (χ0) is 17.9. The van der Waals surface area contributed by atoms with Crippen molar-refractivity contribution in [1.82, 2.24) is 9.88 Å². The van der Waals surface area contributed by atoms with Gasteiger partial charge in [-0.3, -0.25) is 4.90 Å². The predicted octanol–water partition coefficient (Wildman–Crippen LogP) is 4.66. The standard InChI is InChI=1S/C21H24N2O2S/c1-15-18(22-21(25-15)19-8-5-13-26-19)14-23-11-9-17(10-12-23)20(24)16-6-3-2-4-7-16/h2-8,13,17,20,24H,9-12,14H2,1H3. The Kier molecular flexibility index (Phi) is 5.20. The second-order valence-electron chi connectivity index (χ2n) is 6.97. The van der Waals surface area contributed by atoms with E-state index in [1.807, 2.05) is 54.8 Å². The molecule has 1 unspecified atom stereocenters. The maximum Gasteiger partial charge on any atom is 0.236 e. The molecule has 0 amide bonds. The van der Waals surface area contributed by atoms with Crippen molar-refractivity contribution >= 4 is 11.3 Å². The fourth-order valence-corrected chi connectivity index (χ4v) is 4.29. The van der Waals surface area contributed by atoms with Gasteiger partial charge >= 0.3 is 0 Å². The molecule has 5 heteroatoms. The molecule has 1 aliphatic heterocycles. The van der Waals surface area contributed by atoms with Crippen LogP contribution >= 0.6 is 11.3 Å². The minimum atomic E-state index is -0.363. The third kappa shape index (κ3) is 3.75. The zero-order valence-corrected chi connectivity index (χ0v) is 15.8. The van der Waals surface area contributed by atoms with Crippen LogP contribution in [0.1, 0.15) is 36.0 Å². The van der Waals surface area contributed by atoms with Gasteiger partial charge in [-0.2, -0.15) is 0 Å². The average molecular weight is 369 g/mol. The van der Waals surface area contributed by atoms with Gasteiger partial charge < -0.3 is 9.52 Å². The summed E-state index contributed by atoms with van der Waals surface area (Å²) in [4.78, 5) is 8.19. The fourth-order valence-electron chi connectivity index (χ4n) is 3.64. The third-order valence-electron chi connectivity index (χ3n) is 5.22. The van der Waals surface area contributed by atoms with E-state index >= 15 is 0 Å². The molecule has 1 N–H and O–H groups in total. The van der Waals surface area contributed by atoms with Gasteiger partial charge in [0.2, 0.25) is 5.89 Å². The van der Waals surface area contributed by atoms with E-state index in [-0.39, 0.29) is 6.10 Å². The van der Waals surface area contributed by atoms with Crippen molar-refractivity contribution in [3.05, 3.63) is 64.9 Å². The molecule has 3 aromatic rings. The highest BCUT2D eigenvalue weighted by molar-refractivity contribution is 7.13. The number of aryl methyl sites for hydroxylation is 1. The fraction of sp³-hybridized carbons (Fsp3) is 0.381. The van der Waals surface area contributed by atoms with Crippen molar-refractivity contribution in [2.24, 2.45) is 5.92 Å². The number of rotatable bonds is 5. The number of aliphatic hydroxyl groups excluding tert-OH is 1. The van der Waals surface area contributed by atoms with Crippen LogP contribution in [-0.4, -0.2) is 28.1 Å². The van der Waals surface area contributed by atoms with E-state index in [0.717, 1.165) is 60.3 Å². The Morgan fingerprint density at radius 1 is 1.19 bits per heavy atom. The molecule has 0 radical (unpaired) electrons. The van der Waals surface area contributed by atoms with Gasteiger partial charge in [-0.05, 0) is 55.8 Å². The first-order valence-corrected chi connectivity index (χ1v) is 10.0. The molecule has 1 aromatic carbocycles. The second-order valence-corrected chi connectivity index (χ2v) is 7.92. The summed E-state index contributed by atoms with van der Waals surface area (Å²) in [5.41, 5.74) is 2.05. The number of hydrogen-bond acceptors (Lipinski definition) is 5. The quantitative estimate of drug-likeness (QED) is 0.712. The molecule has 1 atom stereocenters. The van der Waals surface area contributed by atoms with E-state index in [2.05, 4.69) is 4.90 Å². The van der Waals surface area contributed by atoms with Crippen LogP contribution in [0.4, 0.5) is 0 Å². The smallest absolute Gasteiger partial charge is 0.236 e. The minimum absolute atomic E-state index is 0.328. The highest BCUT2D eigenvalue weighted by Gasteiger charge is 2.27. The Hall–Kier alpha value is -1.95. The second kappa shape index (κ2) is 7.74. The summed E-state index contributed by atoms with van der Waals surface area (Å²) in [6.07, 6.45) is 1.65. The van der Waals surface area contributed by atoms with Gasteiger partial charge in [0.1, 0.15) is 5.76 Å². The Bertz CT molecular complexity index is 821. The summed E-state index contributed by atoms with van der Waals surface area (Å²) in [6.45, 7) is 4.77. The lowest BCUT2D eigenvalue weighted by atomic mass is 9.87. The van der Waals surface area contributed by atoms with Gasteiger partial charge in [0.05, 0.1) is 16.7 Å². The van der Waals surface area contributed by atoms with Gasteiger partial charge in [-0.25, -0.2) is 4.98 Å². The molecule has 4 nitrogen and oxygen atoms in total. The highest BCUT2D eigenvalue weighted by atomic mass is 32.1. The lowest BCUT2D eigenvalue weighted by Gasteiger charge is -2.34. The first-order valence-electron chi connectivity index (χ1n) is 9.16. The lowest BCUT2D eigenvalue weighted by Crippen LogP contribution is -2.35. The van der Waals surface area contributed by atoms with Gasteiger partial charge in [-0.1, -0.05) is 36.4 Å². The minimum Gasteiger partial charge on any atom is -0.440 e. The summed E-state index contributed by atoms with van der Waals surface area (Å²) in [6, 6.07) is 14.1. The number of benzene rings is 1. The Morgan fingerprint density at radius 3 is 2.65 bits per heavy atom. The molecule has 1 aliphatic rings. The number of hydrogen-bond donors (Lipinski definition) is 1. The van der Waals surface area contributed by atoms with Gasteiger partial charge in [0.25, 0.3) is 0 Å². The van der Waals surface area contributed by atoms with Gasteiger partial charge in [0, 0.05) is 6.54 Å². The summed E-state index contributed by atoms with van der Waals surface area (Å²) >= 11 is 1.65. The van der Waals surface area contributed by atoms with Gasteiger partial charge in [0.15, 0.2) is 0 Å². The Labute approximate surface area is 158 Å². The molecule has 0 aliphatic carbocycles. The number of aliphatic hydroxyl groups is 1. The molecule has 0 saturated carbocycles. The van der Waals surface area contributed by atoms with E-state index in [1.54, 1.807) is 11.3 Å². The molecule has 3 heterocycles. The van der Waals surface area contributed by atoms with E-state index < -0.39 is 0 Å². The highest BCUT2D eigenvalue weighted by Crippen LogP contribution is 2.32. The number of aromatic nitrogens is 1. The van der Waals surface area contributed by atoms with Crippen molar-refractivity contribution < 1.29 is 9.52 Å². The zero-order valence-electron chi connectivity index (χ0n) is 15.0. The van der Waals surface area contributed by atoms with Crippen LogP contribution in [0.3, 0.4) is 0 Å². The lowest BCUT2D eigenvalue weighted by molar-refractivity contribution is 0.0563. The number of oxazole rings is 1. The normalized spacial score (nSPS) is 17.5. The van der Waals surface area contributed by atoms with Crippen LogP contribution in [0.2, 0.25) is 0 Å². The van der Waals surface area contributed by atoms with Crippen molar-refractivity contribution in [2.45, 2.75) is 32.4 Å². The molecular formula is C21H24N2O2S. The monoisotopic (exact) mass is 368 g/mol. The van der Waals surface area contributed by atoms with E-state index in [0.29, 0.717) is 5.92 Å². The van der Waals surface area contributed by atoms with Crippen LogP contribution in [0.5, 0.6) is 0 Å². The third-order valence-corrected chi connectivity index (χ3v) is 6.08. The number of likely N-dealkylation sites (tertiary alicyclic amines) is 1. The van der Waals surface area contributed by atoms with E-state index in [1.165, 1.54) is 0 Å². The maximum atomic E-state index is 10.6. The van der Waals surface area contributed by atoms with Crippen LogP contribution in [0.15, 0.2) is 52.3 Å². The molecule has 1 fully saturated rings. The van der Waals surface area contributed by atoms with Crippen LogP contribution in [0, 0.1) is 12.8 Å². The van der Waals surface area contributed by atoms with Crippen molar-refractivity contribution in [3.63, 3.8) is 0 Å². The Morgan fingerprint density at radius 2 is 1.96 bits per heavy atom. The van der Waals surface area contributed by atoms with Gasteiger partial charge in [-0.15, -0.1) is 11.3 Å². The molecule has 0 bridgehead atoms. The summed E-state index contributed by atoms with van der Waals surface area (Å²) in [5, 5.41) is 12.7. The van der Waals surface area contributed by atoms with Crippen LogP contribution in [0.25, 0.3) is 10.8 Å². The summed E-state index contributed by atoms with van der Waals surface area (Å²) in [7, 11) is 0. The summed E-state index contributed by atoms with van der Waals surface area (Å²) < 4.78 is 5.85. The first-order chi connectivity index (χ1) is 12.7. The molecule has 4 rings (SSSR count). The number of piperidine rings is 1. The van der Waals surface area contributed by atoms with Crippen LogP contribution in [-0.2, 0) is 6.54 Å². The molecule has 136 valence electrons. The summed E-state index contributed by atoms with van der Waals surface area (Å²) in [5.74, 6) is 1.95. The first kappa shape index (κ1) is 17.5. The molecule has 0 spiro atoms. The molecular weight excluding hydrogens is 344 g/mol. The largest absolute Gasteiger partial charge is 0.440 e. The van der Waals surface area contributed by atoms with Crippen molar-refractivity contribution in [3.8, 4) is 10.8 Å². The Balaban J connectivity index is 1.36. The van der Waals surface area contributed by atoms with Crippen LogP contribution < -0.4 is 0 Å². The molecule has 1 saturated heterocycles. The van der Waals surface area contributed by atoms with Crippen molar-refractivity contribution in [1.29, 1.82) is 0 Å². The topological polar surface area (TPSA) is 49.5 Å².